The molecule has 0 fully saturated rings. The molecular formula is C18H22N2O. The molecule has 0 heterocycles. The quantitative estimate of drug-likeness (QED) is 0.854. The van der Waals surface area contributed by atoms with Crippen LogP contribution in [0, 0.1) is 0 Å². The predicted octanol–water partition coefficient (Wildman–Crippen LogP) is 4.38. The Morgan fingerprint density at radius 1 is 1.10 bits per heavy atom. The van der Waals surface area contributed by atoms with Gasteiger partial charge in [-0.25, -0.2) is 0 Å². The van der Waals surface area contributed by atoms with Gasteiger partial charge in [-0.05, 0) is 42.7 Å². The smallest absolute Gasteiger partial charge is 0.221 e. The minimum absolute atomic E-state index is 0.0599. The maximum Gasteiger partial charge on any atom is 0.221 e. The summed E-state index contributed by atoms with van der Waals surface area (Å²) in [7, 11) is 0. The molecule has 3 nitrogen and oxygen atoms in total. The summed E-state index contributed by atoms with van der Waals surface area (Å²) < 4.78 is 0. The van der Waals surface area contributed by atoms with E-state index in [0.717, 1.165) is 17.8 Å². The monoisotopic (exact) mass is 282 g/mol. The molecule has 0 radical (unpaired) electrons. The van der Waals surface area contributed by atoms with E-state index in [-0.39, 0.29) is 11.9 Å². The summed E-state index contributed by atoms with van der Waals surface area (Å²) in [5, 5.41) is 6.25. The van der Waals surface area contributed by atoms with Crippen molar-refractivity contribution in [2.75, 3.05) is 10.6 Å². The molecule has 21 heavy (non-hydrogen) atoms. The Balaban J connectivity index is 2.07. The molecule has 1 amide bonds. The molecule has 1 unspecified atom stereocenters. The Morgan fingerprint density at radius 3 is 2.38 bits per heavy atom. The van der Waals surface area contributed by atoms with Gasteiger partial charge in [0, 0.05) is 24.3 Å². The summed E-state index contributed by atoms with van der Waals surface area (Å²) >= 11 is 0. The number of rotatable bonds is 5. The van der Waals surface area contributed by atoms with E-state index in [1.54, 1.807) is 0 Å². The lowest BCUT2D eigenvalue weighted by molar-refractivity contribution is -0.114. The average molecular weight is 282 g/mol. The van der Waals surface area contributed by atoms with Crippen molar-refractivity contribution in [2.45, 2.75) is 33.2 Å². The molecule has 2 rings (SSSR count). The third kappa shape index (κ3) is 4.35. The number of carbonyl (C=O) groups excluding carboxylic acids is 1. The van der Waals surface area contributed by atoms with Crippen LogP contribution in [0.3, 0.4) is 0 Å². The normalized spacial score (nSPS) is 11.8. The van der Waals surface area contributed by atoms with Crippen LogP contribution >= 0.6 is 0 Å². The molecular weight excluding hydrogens is 260 g/mol. The summed E-state index contributed by atoms with van der Waals surface area (Å²) in [5.74, 6) is -0.0599. The van der Waals surface area contributed by atoms with Crippen LogP contribution in [0.25, 0.3) is 0 Å². The molecule has 1 atom stereocenters. The van der Waals surface area contributed by atoms with Crippen molar-refractivity contribution in [2.24, 2.45) is 0 Å². The average Bonchev–Trinajstić information content (AvgIpc) is 2.47. The molecule has 3 heteroatoms. The van der Waals surface area contributed by atoms with Crippen LogP contribution in [-0.2, 0) is 11.2 Å². The molecule has 0 aliphatic rings. The van der Waals surface area contributed by atoms with Gasteiger partial charge in [0.1, 0.15) is 0 Å². The molecule has 0 spiro atoms. The van der Waals surface area contributed by atoms with E-state index in [2.05, 4.69) is 48.7 Å². The Hall–Kier alpha value is -2.29. The van der Waals surface area contributed by atoms with Crippen molar-refractivity contribution < 1.29 is 4.79 Å². The minimum atomic E-state index is -0.0599. The van der Waals surface area contributed by atoms with Gasteiger partial charge in [0.05, 0.1) is 0 Å². The van der Waals surface area contributed by atoms with Gasteiger partial charge in [-0.1, -0.05) is 37.3 Å². The summed E-state index contributed by atoms with van der Waals surface area (Å²) in [4.78, 5) is 11.1. The first-order valence-corrected chi connectivity index (χ1v) is 7.31. The molecule has 2 N–H and O–H groups in total. The number of amides is 1. The Bertz CT molecular complexity index is 605. The number of aryl methyl sites for hydroxylation is 1. The first kappa shape index (κ1) is 15.1. The minimum Gasteiger partial charge on any atom is -0.378 e. The second kappa shape index (κ2) is 6.93. The maximum atomic E-state index is 11.1. The Morgan fingerprint density at radius 2 is 1.76 bits per heavy atom. The van der Waals surface area contributed by atoms with Gasteiger partial charge in [-0.15, -0.1) is 0 Å². The van der Waals surface area contributed by atoms with Crippen molar-refractivity contribution in [1.82, 2.24) is 0 Å². The van der Waals surface area contributed by atoms with E-state index >= 15 is 0 Å². The predicted molar refractivity (Wildman–Crippen MR) is 88.6 cm³/mol. The Kier molecular flexibility index (Phi) is 4.99. The highest BCUT2D eigenvalue weighted by Crippen LogP contribution is 2.22. The number of benzene rings is 2. The van der Waals surface area contributed by atoms with Crippen LogP contribution in [0.4, 0.5) is 11.4 Å². The first-order chi connectivity index (χ1) is 10.1. The molecule has 110 valence electrons. The van der Waals surface area contributed by atoms with E-state index in [4.69, 9.17) is 0 Å². The highest BCUT2D eigenvalue weighted by Gasteiger charge is 2.06. The van der Waals surface area contributed by atoms with Crippen LogP contribution in [-0.4, -0.2) is 5.91 Å². The van der Waals surface area contributed by atoms with Crippen LogP contribution in [0.1, 0.15) is 37.9 Å². The summed E-state index contributed by atoms with van der Waals surface area (Å²) in [6.45, 7) is 5.80. The second-order valence-corrected chi connectivity index (χ2v) is 5.22. The van der Waals surface area contributed by atoms with Crippen LogP contribution < -0.4 is 10.6 Å². The summed E-state index contributed by atoms with van der Waals surface area (Å²) in [6.07, 6.45) is 1.06. The van der Waals surface area contributed by atoms with Crippen molar-refractivity contribution in [3.63, 3.8) is 0 Å². The fourth-order valence-corrected chi connectivity index (χ4v) is 2.27. The molecule has 0 bridgehead atoms. The molecule has 0 saturated heterocycles. The number of hydrogen-bond acceptors (Lipinski definition) is 2. The van der Waals surface area contributed by atoms with E-state index in [1.807, 2.05) is 24.3 Å². The lowest BCUT2D eigenvalue weighted by Gasteiger charge is -2.17. The highest BCUT2D eigenvalue weighted by molar-refractivity contribution is 5.89. The Labute approximate surface area is 126 Å². The van der Waals surface area contributed by atoms with Gasteiger partial charge in [0.25, 0.3) is 0 Å². The third-order valence-corrected chi connectivity index (χ3v) is 3.45. The summed E-state index contributed by atoms with van der Waals surface area (Å²) in [6, 6.07) is 16.6. The zero-order valence-electron chi connectivity index (χ0n) is 12.8. The lowest BCUT2D eigenvalue weighted by atomic mass is 10.0. The molecule has 0 aliphatic heterocycles. The number of carbonyl (C=O) groups is 1. The fourth-order valence-electron chi connectivity index (χ4n) is 2.27. The zero-order chi connectivity index (χ0) is 15.2. The van der Waals surface area contributed by atoms with Crippen LogP contribution in [0.15, 0.2) is 48.5 Å². The van der Waals surface area contributed by atoms with E-state index in [0.29, 0.717) is 0 Å². The van der Waals surface area contributed by atoms with Gasteiger partial charge in [-0.2, -0.15) is 0 Å². The zero-order valence-corrected chi connectivity index (χ0v) is 12.8. The fraction of sp³-hybridized carbons (Fsp3) is 0.278. The van der Waals surface area contributed by atoms with Gasteiger partial charge in [0.2, 0.25) is 5.91 Å². The summed E-state index contributed by atoms with van der Waals surface area (Å²) in [5.41, 5.74) is 4.39. The van der Waals surface area contributed by atoms with Gasteiger partial charge < -0.3 is 10.6 Å². The maximum absolute atomic E-state index is 11.1. The topological polar surface area (TPSA) is 41.1 Å². The third-order valence-electron chi connectivity index (χ3n) is 3.45. The van der Waals surface area contributed by atoms with Crippen molar-refractivity contribution in [3.8, 4) is 0 Å². The highest BCUT2D eigenvalue weighted by atomic mass is 16.1. The lowest BCUT2D eigenvalue weighted by Crippen LogP contribution is -2.08. The largest absolute Gasteiger partial charge is 0.378 e. The van der Waals surface area contributed by atoms with E-state index < -0.39 is 0 Å². The molecule has 0 saturated carbocycles. The SMILES string of the molecule is CCc1ccc(C(C)Nc2cccc(NC(C)=O)c2)cc1. The number of hydrogen-bond donors (Lipinski definition) is 2. The molecule has 2 aromatic carbocycles. The van der Waals surface area contributed by atoms with Crippen LogP contribution in [0.2, 0.25) is 0 Å². The number of nitrogens with one attached hydrogen (secondary N) is 2. The van der Waals surface area contributed by atoms with Gasteiger partial charge in [0.15, 0.2) is 0 Å². The van der Waals surface area contributed by atoms with Gasteiger partial charge in [-0.3, -0.25) is 4.79 Å². The van der Waals surface area contributed by atoms with E-state index in [9.17, 15) is 4.79 Å². The van der Waals surface area contributed by atoms with Crippen molar-refractivity contribution >= 4 is 17.3 Å². The van der Waals surface area contributed by atoms with Crippen molar-refractivity contribution in [3.05, 3.63) is 59.7 Å². The molecule has 0 aromatic heterocycles. The molecule has 2 aromatic rings. The number of anilines is 2. The molecule has 0 aliphatic carbocycles. The second-order valence-electron chi connectivity index (χ2n) is 5.22. The first-order valence-electron chi connectivity index (χ1n) is 7.31. The van der Waals surface area contributed by atoms with E-state index in [1.165, 1.54) is 18.1 Å². The standard InChI is InChI=1S/C18H22N2O/c1-4-15-8-10-16(11-9-15)13(2)19-17-6-5-7-18(12-17)20-14(3)21/h5-13,19H,4H2,1-3H3,(H,20,21). The van der Waals surface area contributed by atoms with Crippen molar-refractivity contribution in [1.29, 1.82) is 0 Å². The van der Waals surface area contributed by atoms with Crippen LogP contribution in [0.5, 0.6) is 0 Å². The van der Waals surface area contributed by atoms with Gasteiger partial charge >= 0.3 is 0 Å².